The van der Waals surface area contributed by atoms with Crippen LogP contribution in [0.4, 0.5) is 0 Å². The van der Waals surface area contributed by atoms with Crippen molar-refractivity contribution in [3.63, 3.8) is 0 Å². The lowest BCUT2D eigenvalue weighted by molar-refractivity contribution is -0.114. The Morgan fingerprint density at radius 2 is 1.64 bits per heavy atom. The van der Waals surface area contributed by atoms with Crippen molar-refractivity contribution in [2.45, 2.75) is 0 Å². The van der Waals surface area contributed by atoms with E-state index in [1.165, 1.54) is 26.0 Å². The van der Waals surface area contributed by atoms with Gasteiger partial charge in [0.25, 0.3) is 5.91 Å². The molecule has 0 unspecified atom stereocenters. The Morgan fingerprint density at radius 3 is 2.28 bits per heavy atom. The SMILES string of the molecule is COc1ccccc1OCCOc1c(OC)cc(/C=C2/C(=N)N3C(SC)=NSC3=NC2=O)cc1OC. The third kappa shape index (κ3) is 5.14. The lowest BCUT2D eigenvalue weighted by atomic mass is 10.1. The summed E-state index contributed by atoms with van der Waals surface area (Å²) in [5.41, 5.74) is 0.716. The van der Waals surface area contributed by atoms with Gasteiger partial charge in [-0.2, -0.15) is 9.39 Å². The normalized spacial score (nSPS) is 15.9. The number of fused-ring (bicyclic) bond motifs is 1. The Bertz CT molecular complexity index is 1250. The molecule has 0 fully saturated rings. The number of hydrogen-bond donors (Lipinski definition) is 1. The maximum absolute atomic E-state index is 12.7. The van der Waals surface area contributed by atoms with Gasteiger partial charge in [-0.25, -0.2) is 4.90 Å². The van der Waals surface area contributed by atoms with Crippen molar-refractivity contribution in [2.75, 3.05) is 40.8 Å². The van der Waals surface area contributed by atoms with Gasteiger partial charge >= 0.3 is 0 Å². The predicted octanol–water partition coefficient (Wildman–Crippen LogP) is 4.11. The zero-order valence-corrected chi connectivity index (χ0v) is 21.7. The van der Waals surface area contributed by atoms with Crippen LogP contribution in [0.3, 0.4) is 0 Å². The molecular formula is C24H24N4O6S2. The van der Waals surface area contributed by atoms with Crippen molar-refractivity contribution < 1.29 is 28.5 Å². The highest BCUT2D eigenvalue weighted by molar-refractivity contribution is 8.18. The minimum absolute atomic E-state index is 0.00912. The number of amides is 1. The van der Waals surface area contributed by atoms with Crippen LogP contribution in [-0.4, -0.2) is 67.8 Å². The van der Waals surface area contributed by atoms with Crippen molar-refractivity contribution in [3.8, 4) is 28.7 Å². The summed E-state index contributed by atoms with van der Waals surface area (Å²) in [5.74, 6) is 1.94. The van der Waals surface area contributed by atoms with Crippen molar-refractivity contribution >= 4 is 51.9 Å². The van der Waals surface area contributed by atoms with E-state index in [0.717, 1.165) is 11.9 Å². The van der Waals surface area contributed by atoms with Crippen LogP contribution < -0.4 is 23.7 Å². The molecule has 0 bridgehead atoms. The summed E-state index contributed by atoms with van der Waals surface area (Å²) in [6, 6.07) is 10.8. The van der Waals surface area contributed by atoms with E-state index >= 15 is 0 Å². The molecule has 36 heavy (non-hydrogen) atoms. The molecule has 0 aromatic heterocycles. The van der Waals surface area contributed by atoms with Crippen LogP contribution >= 0.6 is 23.7 Å². The molecule has 4 rings (SSSR count). The van der Waals surface area contributed by atoms with Crippen molar-refractivity contribution in [2.24, 2.45) is 9.39 Å². The molecule has 2 aliphatic heterocycles. The third-order valence-electron chi connectivity index (χ3n) is 5.13. The largest absolute Gasteiger partial charge is 0.493 e. The van der Waals surface area contributed by atoms with Crippen LogP contribution in [-0.2, 0) is 4.79 Å². The van der Waals surface area contributed by atoms with Gasteiger partial charge < -0.3 is 23.7 Å². The van der Waals surface area contributed by atoms with E-state index in [0.29, 0.717) is 44.6 Å². The van der Waals surface area contributed by atoms with Gasteiger partial charge in [0.2, 0.25) is 10.9 Å². The average Bonchev–Trinajstić information content (AvgIpc) is 3.32. The molecule has 1 N–H and O–H groups in total. The average molecular weight is 529 g/mol. The Labute approximate surface area is 217 Å². The second-order valence-electron chi connectivity index (χ2n) is 7.21. The third-order valence-corrected chi connectivity index (χ3v) is 6.58. The minimum atomic E-state index is -0.511. The number of nitrogens with zero attached hydrogens (tertiary/aromatic N) is 3. The van der Waals surface area contributed by atoms with Crippen molar-refractivity contribution in [1.82, 2.24) is 4.90 Å². The van der Waals surface area contributed by atoms with Gasteiger partial charge in [-0.15, -0.1) is 0 Å². The van der Waals surface area contributed by atoms with Gasteiger partial charge in [-0.1, -0.05) is 23.9 Å². The molecule has 0 radical (unpaired) electrons. The number of carbonyl (C=O) groups excluding carboxylic acids is 1. The maximum Gasteiger partial charge on any atom is 0.283 e. The van der Waals surface area contributed by atoms with Crippen LogP contribution in [0.2, 0.25) is 0 Å². The molecule has 2 heterocycles. The molecule has 10 nitrogen and oxygen atoms in total. The van der Waals surface area contributed by atoms with Gasteiger partial charge in [0, 0.05) is 0 Å². The predicted molar refractivity (Wildman–Crippen MR) is 142 cm³/mol. The highest BCUT2D eigenvalue weighted by Crippen LogP contribution is 2.40. The minimum Gasteiger partial charge on any atom is -0.493 e. The van der Waals surface area contributed by atoms with E-state index in [4.69, 9.17) is 29.1 Å². The monoisotopic (exact) mass is 528 g/mol. The quantitative estimate of drug-likeness (QED) is 0.292. The summed E-state index contributed by atoms with van der Waals surface area (Å²) in [4.78, 5) is 18.3. The van der Waals surface area contributed by atoms with Gasteiger partial charge in [0.15, 0.2) is 28.2 Å². The number of methoxy groups -OCH3 is 3. The van der Waals surface area contributed by atoms with Crippen LogP contribution in [0, 0.1) is 5.41 Å². The summed E-state index contributed by atoms with van der Waals surface area (Å²) in [6.45, 7) is 0.479. The number of hydrogen-bond acceptors (Lipinski definition) is 10. The molecule has 12 heteroatoms. The van der Waals surface area contributed by atoms with Gasteiger partial charge in [-0.05, 0) is 42.2 Å². The number of aliphatic imine (C=N–C) groups is 1. The number of carbonyl (C=O) groups is 1. The first-order valence-electron chi connectivity index (χ1n) is 10.7. The van der Waals surface area contributed by atoms with E-state index < -0.39 is 5.91 Å². The molecule has 0 saturated carbocycles. The first kappa shape index (κ1) is 25.5. The number of benzene rings is 2. The second kappa shape index (κ2) is 11.4. The van der Waals surface area contributed by atoms with Crippen LogP contribution in [0.25, 0.3) is 6.08 Å². The number of para-hydroxylation sites is 2. The van der Waals surface area contributed by atoms with Gasteiger partial charge in [0.1, 0.15) is 19.0 Å². The lowest BCUT2D eigenvalue weighted by Crippen LogP contribution is -2.41. The number of thioether (sulfide) groups is 1. The molecule has 0 aliphatic carbocycles. The van der Waals surface area contributed by atoms with E-state index in [2.05, 4.69) is 9.39 Å². The van der Waals surface area contributed by atoms with E-state index in [9.17, 15) is 4.79 Å². The molecule has 0 atom stereocenters. The fraction of sp³-hybridized carbons (Fsp3) is 0.250. The van der Waals surface area contributed by atoms with Gasteiger partial charge in [-0.3, -0.25) is 10.2 Å². The fourth-order valence-electron chi connectivity index (χ4n) is 3.46. The van der Waals surface area contributed by atoms with Crippen molar-refractivity contribution in [3.05, 3.63) is 47.5 Å². The summed E-state index contributed by atoms with van der Waals surface area (Å²) in [6.07, 6.45) is 3.43. The molecule has 2 aliphatic rings. The zero-order valence-electron chi connectivity index (χ0n) is 20.1. The molecule has 0 saturated heterocycles. The molecule has 0 spiro atoms. The van der Waals surface area contributed by atoms with Crippen LogP contribution in [0.1, 0.15) is 5.56 Å². The fourth-order valence-corrected chi connectivity index (χ4v) is 4.91. The van der Waals surface area contributed by atoms with Crippen molar-refractivity contribution in [1.29, 1.82) is 5.41 Å². The van der Waals surface area contributed by atoms with E-state index in [-0.39, 0.29) is 24.6 Å². The first-order valence-corrected chi connectivity index (χ1v) is 12.7. The molecule has 2 aromatic rings. The van der Waals surface area contributed by atoms with Crippen LogP contribution in [0.5, 0.6) is 28.7 Å². The topological polar surface area (TPSA) is 115 Å². The summed E-state index contributed by atoms with van der Waals surface area (Å²) >= 11 is 2.46. The summed E-state index contributed by atoms with van der Waals surface area (Å²) in [7, 11) is 4.60. The molecule has 188 valence electrons. The second-order valence-corrected chi connectivity index (χ2v) is 8.72. The zero-order chi connectivity index (χ0) is 25.7. The Kier molecular flexibility index (Phi) is 8.06. The Morgan fingerprint density at radius 1 is 1.00 bits per heavy atom. The van der Waals surface area contributed by atoms with Gasteiger partial charge in [0.05, 0.1) is 38.9 Å². The standard InChI is InChI=1S/C24H24N4O6S2/c1-30-16-7-5-6-8-17(16)33-9-10-34-20-18(31-2)12-14(13-19(20)32-3)11-15-21(25)28-23(26-22(15)29)36-27-24(28)35-4/h5-8,11-13,25H,9-10H2,1-4H3/b15-11-,25-21?. The lowest BCUT2D eigenvalue weighted by Gasteiger charge is -2.24. The number of nitrogens with one attached hydrogen (secondary N) is 1. The van der Waals surface area contributed by atoms with Crippen LogP contribution in [0.15, 0.2) is 51.4 Å². The number of ether oxygens (including phenoxy) is 5. The highest BCUT2D eigenvalue weighted by atomic mass is 32.2. The van der Waals surface area contributed by atoms with E-state index in [1.807, 2.05) is 30.5 Å². The molecule has 2 aromatic carbocycles. The maximum atomic E-state index is 12.7. The first-order chi connectivity index (χ1) is 17.5. The highest BCUT2D eigenvalue weighted by Gasteiger charge is 2.37. The summed E-state index contributed by atoms with van der Waals surface area (Å²) < 4.78 is 32.3. The molecular weight excluding hydrogens is 504 g/mol. The summed E-state index contributed by atoms with van der Waals surface area (Å²) in [5, 5.41) is 9.55. The number of amidine groups is 3. The van der Waals surface area contributed by atoms with E-state index in [1.54, 1.807) is 30.2 Å². The smallest absolute Gasteiger partial charge is 0.283 e. The number of rotatable bonds is 9. The molecule has 1 amide bonds. The Balaban J connectivity index is 1.53. The Hall–Kier alpha value is -3.64.